The lowest BCUT2D eigenvalue weighted by Gasteiger charge is -2.35. The van der Waals surface area contributed by atoms with Crippen molar-refractivity contribution in [1.82, 2.24) is 4.57 Å². The van der Waals surface area contributed by atoms with Crippen LogP contribution in [0.1, 0.15) is 11.1 Å². The summed E-state index contributed by atoms with van der Waals surface area (Å²) in [6.45, 7) is 0. The van der Waals surface area contributed by atoms with Gasteiger partial charge in [0.15, 0.2) is 8.07 Å². The molecule has 0 saturated heterocycles. The van der Waals surface area contributed by atoms with Crippen LogP contribution in [0.25, 0.3) is 38.6 Å². The van der Waals surface area contributed by atoms with Gasteiger partial charge in [0, 0.05) is 10.8 Å². The topological polar surface area (TPSA) is 52.5 Å². The van der Waals surface area contributed by atoms with Gasteiger partial charge in [0.2, 0.25) is 0 Å². The zero-order valence-electron chi connectivity index (χ0n) is 26.1. The van der Waals surface area contributed by atoms with Crippen molar-refractivity contribution in [1.29, 1.82) is 10.5 Å². The molecule has 7 aromatic carbocycles. The van der Waals surface area contributed by atoms with Crippen LogP contribution in [0.4, 0.5) is 0 Å². The van der Waals surface area contributed by atoms with E-state index in [1.165, 1.54) is 15.6 Å². The Morgan fingerprint density at radius 2 is 0.833 bits per heavy atom. The Bertz CT molecular complexity index is 2370. The molecule has 0 aliphatic rings. The third-order valence-electron chi connectivity index (χ3n) is 9.44. The lowest BCUT2D eigenvalue weighted by Crippen LogP contribution is -2.75. The largest absolute Gasteiger partial charge is 0.308 e. The Morgan fingerprint density at radius 3 is 1.31 bits per heavy atom. The summed E-state index contributed by atoms with van der Waals surface area (Å²) < 4.78 is 2.20. The van der Waals surface area contributed by atoms with E-state index in [9.17, 15) is 10.5 Å². The first-order chi connectivity index (χ1) is 23.7. The highest BCUT2D eigenvalue weighted by atomic mass is 28.3. The van der Waals surface area contributed by atoms with Crippen molar-refractivity contribution in [3.8, 4) is 29.0 Å². The second-order valence-corrected chi connectivity index (χ2v) is 15.7. The van der Waals surface area contributed by atoms with Crippen LogP contribution in [0.15, 0.2) is 176 Å². The van der Waals surface area contributed by atoms with Gasteiger partial charge in [0.25, 0.3) is 0 Å². The van der Waals surface area contributed by atoms with Crippen LogP contribution >= 0.6 is 0 Å². The van der Waals surface area contributed by atoms with Crippen LogP contribution < -0.4 is 20.7 Å². The van der Waals surface area contributed by atoms with Crippen LogP contribution in [0.3, 0.4) is 0 Å². The molecule has 0 radical (unpaired) electrons. The Morgan fingerprint density at radius 1 is 0.417 bits per heavy atom. The number of fused-ring (bicyclic) bond motifs is 3. The zero-order chi connectivity index (χ0) is 32.5. The first-order valence-corrected chi connectivity index (χ1v) is 18.0. The summed E-state index contributed by atoms with van der Waals surface area (Å²) in [5, 5.41) is 27.9. The number of nitriles is 2. The molecule has 224 valence electrons. The third kappa shape index (κ3) is 4.55. The van der Waals surface area contributed by atoms with Gasteiger partial charge in [-0.25, -0.2) is 0 Å². The normalized spacial score (nSPS) is 11.3. The fourth-order valence-corrected chi connectivity index (χ4v) is 12.3. The van der Waals surface area contributed by atoms with Crippen LogP contribution in [0.2, 0.25) is 0 Å². The average molecular weight is 628 g/mol. The Balaban J connectivity index is 1.42. The van der Waals surface area contributed by atoms with Gasteiger partial charge in [-0.1, -0.05) is 146 Å². The van der Waals surface area contributed by atoms with Crippen molar-refractivity contribution < 1.29 is 0 Å². The van der Waals surface area contributed by atoms with E-state index in [0.717, 1.165) is 43.8 Å². The van der Waals surface area contributed by atoms with Crippen LogP contribution in [-0.4, -0.2) is 12.6 Å². The number of rotatable bonds is 6. The third-order valence-corrected chi connectivity index (χ3v) is 14.3. The monoisotopic (exact) mass is 627 g/mol. The first-order valence-electron chi connectivity index (χ1n) is 16.0. The van der Waals surface area contributed by atoms with Crippen LogP contribution in [-0.2, 0) is 0 Å². The molecule has 0 spiro atoms. The van der Waals surface area contributed by atoms with E-state index >= 15 is 0 Å². The SMILES string of the molecule is N#Cc1ccc(-c2ccc(C#N)c([Si](c3ccccc3)(c3ccccc3)c3ccccc3)c2)cc1-n1c2ccccc2c2ccccc21. The summed E-state index contributed by atoms with van der Waals surface area (Å²) in [6, 6.07) is 66.0. The molecule has 1 heterocycles. The highest BCUT2D eigenvalue weighted by molar-refractivity contribution is 7.20. The van der Waals surface area contributed by atoms with E-state index in [4.69, 9.17) is 0 Å². The Kier molecular flexibility index (Phi) is 7.27. The number of benzene rings is 7. The summed E-state index contributed by atoms with van der Waals surface area (Å²) >= 11 is 0. The molecule has 0 aliphatic carbocycles. The van der Waals surface area contributed by atoms with Crippen molar-refractivity contribution in [2.24, 2.45) is 0 Å². The predicted molar refractivity (Wildman–Crippen MR) is 199 cm³/mol. The molecule has 48 heavy (non-hydrogen) atoms. The molecule has 0 fully saturated rings. The van der Waals surface area contributed by atoms with E-state index < -0.39 is 8.07 Å². The highest BCUT2D eigenvalue weighted by Gasteiger charge is 2.43. The summed E-state index contributed by atoms with van der Waals surface area (Å²) in [5.74, 6) is 0. The maximum absolute atomic E-state index is 10.7. The van der Waals surface area contributed by atoms with Gasteiger partial charge in [-0.15, -0.1) is 0 Å². The summed E-state index contributed by atoms with van der Waals surface area (Å²) in [7, 11) is -2.97. The highest BCUT2D eigenvalue weighted by Crippen LogP contribution is 2.34. The lowest BCUT2D eigenvalue weighted by molar-refractivity contribution is 1.17. The minimum absolute atomic E-state index is 0.598. The molecule has 0 N–H and O–H groups in total. The lowest BCUT2D eigenvalue weighted by atomic mass is 10.0. The van der Waals surface area contributed by atoms with Gasteiger partial charge in [0.1, 0.15) is 6.07 Å². The van der Waals surface area contributed by atoms with Gasteiger partial charge < -0.3 is 4.57 Å². The van der Waals surface area contributed by atoms with E-state index in [2.05, 4.69) is 138 Å². The molecule has 0 aliphatic heterocycles. The van der Waals surface area contributed by atoms with Gasteiger partial charge in [-0.2, -0.15) is 10.5 Å². The van der Waals surface area contributed by atoms with Gasteiger partial charge in [-0.05, 0) is 62.2 Å². The second kappa shape index (κ2) is 12.0. The van der Waals surface area contributed by atoms with Crippen LogP contribution in [0.5, 0.6) is 0 Å². The summed E-state index contributed by atoms with van der Waals surface area (Å²) in [6.07, 6.45) is 0. The smallest absolute Gasteiger partial charge is 0.180 e. The van der Waals surface area contributed by atoms with Gasteiger partial charge in [0.05, 0.1) is 33.9 Å². The molecule has 0 unspecified atom stereocenters. The molecular weight excluding hydrogens is 599 g/mol. The van der Waals surface area contributed by atoms with Crippen molar-refractivity contribution in [2.45, 2.75) is 0 Å². The first kappa shape index (κ1) is 29.0. The fraction of sp³-hybridized carbons (Fsp3) is 0. The molecule has 0 saturated carbocycles. The van der Waals surface area contributed by atoms with Crippen molar-refractivity contribution in [3.63, 3.8) is 0 Å². The standard InChI is InChI=1S/C44H29N3Si/c45-30-34-26-24-32(28-43(34)47-41-22-12-10-20-39(41)40-21-11-13-23-42(40)47)33-25-27-35(31-46)44(29-33)48(36-14-4-1-5-15-36,37-16-6-2-7-17-37)38-18-8-3-9-19-38/h1-29H. The maximum Gasteiger partial charge on any atom is 0.180 e. The fourth-order valence-electron chi connectivity index (χ4n) is 7.34. The Labute approximate surface area is 280 Å². The quantitative estimate of drug-likeness (QED) is 0.141. The number of hydrogen-bond acceptors (Lipinski definition) is 2. The predicted octanol–water partition coefficient (Wildman–Crippen LogP) is 7.57. The maximum atomic E-state index is 10.7. The van der Waals surface area contributed by atoms with E-state index in [0.29, 0.717) is 11.1 Å². The number of aromatic nitrogens is 1. The van der Waals surface area contributed by atoms with Crippen LogP contribution in [0, 0.1) is 22.7 Å². The number of nitrogens with zero attached hydrogens (tertiary/aromatic N) is 3. The summed E-state index contributed by atoms with van der Waals surface area (Å²) in [4.78, 5) is 0. The second-order valence-electron chi connectivity index (χ2n) is 11.9. The van der Waals surface area contributed by atoms with Crippen molar-refractivity contribution >= 4 is 50.6 Å². The van der Waals surface area contributed by atoms with Crippen molar-refractivity contribution in [2.75, 3.05) is 0 Å². The number of para-hydroxylation sites is 2. The minimum atomic E-state index is -2.97. The molecule has 8 rings (SSSR count). The van der Waals surface area contributed by atoms with E-state index in [-0.39, 0.29) is 0 Å². The minimum Gasteiger partial charge on any atom is -0.308 e. The van der Waals surface area contributed by atoms with Crippen molar-refractivity contribution in [3.05, 3.63) is 187 Å². The van der Waals surface area contributed by atoms with E-state index in [1.54, 1.807) is 0 Å². The summed E-state index contributed by atoms with van der Waals surface area (Å²) in [5.41, 5.74) is 6.17. The van der Waals surface area contributed by atoms with Gasteiger partial charge in [-0.3, -0.25) is 0 Å². The zero-order valence-corrected chi connectivity index (χ0v) is 27.1. The molecule has 0 atom stereocenters. The van der Waals surface area contributed by atoms with Gasteiger partial charge >= 0.3 is 0 Å². The molecule has 0 amide bonds. The number of hydrogen-bond donors (Lipinski definition) is 0. The molecule has 3 nitrogen and oxygen atoms in total. The molecular formula is C44H29N3Si. The molecule has 1 aromatic heterocycles. The molecule has 4 heteroatoms. The molecule has 8 aromatic rings. The Hall–Kier alpha value is -6.46. The average Bonchev–Trinajstić information content (AvgIpc) is 3.50. The molecule has 0 bridgehead atoms. The van der Waals surface area contributed by atoms with E-state index in [1.807, 2.05) is 54.6 Å².